The second kappa shape index (κ2) is 8.99. The van der Waals surface area contributed by atoms with Crippen LogP contribution in [0.5, 0.6) is 11.5 Å². The van der Waals surface area contributed by atoms with Crippen LogP contribution in [0.4, 0.5) is 0 Å². The van der Waals surface area contributed by atoms with Gasteiger partial charge in [-0.1, -0.05) is 6.07 Å². The number of nitrogens with one attached hydrogen (secondary N) is 2. The number of carbonyl (C=O) groups excluding carboxylic acids is 2. The fourth-order valence-electron chi connectivity index (χ4n) is 1.93. The molecule has 0 radical (unpaired) electrons. The van der Waals surface area contributed by atoms with Crippen molar-refractivity contribution in [1.29, 1.82) is 0 Å². The van der Waals surface area contributed by atoms with E-state index in [9.17, 15) is 9.59 Å². The molecule has 0 heterocycles. The van der Waals surface area contributed by atoms with Crippen LogP contribution in [-0.2, 0) is 9.59 Å². The van der Waals surface area contributed by atoms with Crippen LogP contribution in [0.25, 0.3) is 0 Å². The van der Waals surface area contributed by atoms with Gasteiger partial charge in [-0.2, -0.15) is 0 Å². The molecular weight excluding hydrogens is 298 g/mol. The second-order valence-electron chi connectivity index (χ2n) is 5.35. The summed E-state index contributed by atoms with van der Waals surface area (Å²) < 4.78 is 11.0. The molecule has 1 atom stereocenters. The standard InChI is InChI=1S/C16H25N3O4/c1-10(2)23-13-6-5-12(7-14(13)22-4)11(3)19-16(21)9-18-15(20)8-17/h5-7,10-11H,8-9,17H2,1-4H3,(H,18,20)(H,19,21). The maximum atomic E-state index is 11.8. The van der Waals surface area contributed by atoms with Gasteiger partial charge in [-0.15, -0.1) is 0 Å². The number of methoxy groups -OCH3 is 1. The minimum Gasteiger partial charge on any atom is -0.493 e. The Morgan fingerprint density at radius 3 is 2.43 bits per heavy atom. The first-order valence-corrected chi connectivity index (χ1v) is 7.48. The lowest BCUT2D eigenvalue weighted by Gasteiger charge is -2.18. The summed E-state index contributed by atoms with van der Waals surface area (Å²) in [5.74, 6) is 0.596. The van der Waals surface area contributed by atoms with Crippen LogP contribution < -0.4 is 25.8 Å². The van der Waals surface area contributed by atoms with Crippen LogP contribution in [0, 0.1) is 0 Å². The van der Waals surface area contributed by atoms with E-state index in [0.717, 1.165) is 5.56 Å². The molecule has 0 bridgehead atoms. The fraction of sp³-hybridized carbons (Fsp3) is 0.500. The second-order valence-corrected chi connectivity index (χ2v) is 5.35. The van der Waals surface area contributed by atoms with Crippen LogP contribution >= 0.6 is 0 Å². The van der Waals surface area contributed by atoms with Crippen molar-refractivity contribution in [2.45, 2.75) is 32.9 Å². The first-order chi connectivity index (χ1) is 10.9. The highest BCUT2D eigenvalue weighted by Gasteiger charge is 2.14. The van der Waals surface area contributed by atoms with Gasteiger partial charge < -0.3 is 25.8 Å². The summed E-state index contributed by atoms with van der Waals surface area (Å²) >= 11 is 0. The SMILES string of the molecule is COc1cc(C(C)NC(=O)CNC(=O)CN)ccc1OC(C)C. The third-order valence-electron chi connectivity index (χ3n) is 3.06. The zero-order valence-corrected chi connectivity index (χ0v) is 14.0. The largest absolute Gasteiger partial charge is 0.493 e. The molecule has 1 unspecified atom stereocenters. The lowest BCUT2D eigenvalue weighted by Crippen LogP contribution is -2.40. The van der Waals surface area contributed by atoms with Crippen molar-refractivity contribution in [2.24, 2.45) is 5.73 Å². The van der Waals surface area contributed by atoms with E-state index in [1.54, 1.807) is 7.11 Å². The highest BCUT2D eigenvalue weighted by Crippen LogP contribution is 2.31. The maximum absolute atomic E-state index is 11.8. The zero-order chi connectivity index (χ0) is 17.4. The lowest BCUT2D eigenvalue weighted by atomic mass is 10.1. The number of carbonyl (C=O) groups is 2. The summed E-state index contributed by atoms with van der Waals surface area (Å²) in [5.41, 5.74) is 6.03. The quantitative estimate of drug-likeness (QED) is 0.654. The summed E-state index contributed by atoms with van der Waals surface area (Å²) in [7, 11) is 1.57. The maximum Gasteiger partial charge on any atom is 0.239 e. The predicted octanol–water partition coefficient (Wildman–Crippen LogP) is 0.735. The third-order valence-corrected chi connectivity index (χ3v) is 3.06. The lowest BCUT2D eigenvalue weighted by molar-refractivity contribution is -0.125. The first-order valence-electron chi connectivity index (χ1n) is 7.48. The van der Waals surface area contributed by atoms with Crippen LogP contribution in [0.3, 0.4) is 0 Å². The van der Waals surface area contributed by atoms with Gasteiger partial charge in [-0.3, -0.25) is 9.59 Å². The molecule has 0 aliphatic heterocycles. The Bertz CT molecular complexity index is 546. The van der Waals surface area contributed by atoms with Gasteiger partial charge in [0.2, 0.25) is 11.8 Å². The molecule has 7 nitrogen and oxygen atoms in total. The monoisotopic (exact) mass is 323 g/mol. The van der Waals surface area contributed by atoms with Gasteiger partial charge in [0, 0.05) is 0 Å². The number of amides is 2. The minimum absolute atomic E-state index is 0.0398. The molecule has 0 saturated heterocycles. The van der Waals surface area contributed by atoms with Crippen molar-refractivity contribution >= 4 is 11.8 Å². The van der Waals surface area contributed by atoms with Gasteiger partial charge in [-0.25, -0.2) is 0 Å². The summed E-state index contributed by atoms with van der Waals surface area (Å²) in [6.45, 7) is 5.47. The van der Waals surface area contributed by atoms with E-state index in [0.29, 0.717) is 11.5 Å². The van der Waals surface area contributed by atoms with Crippen LogP contribution in [0.15, 0.2) is 18.2 Å². The highest BCUT2D eigenvalue weighted by molar-refractivity contribution is 5.85. The van der Waals surface area contributed by atoms with Crippen molar-refractivity contribution in [3.8, 4) is 11.5 Å². The van der Waals surface area contributed by atoms with E-state index in [1.807, 2.05) is 39.0 Å². The van der Waals surface area contributed by atoms with E-state index in [1.165, 1.54) is 0 Å². The molecule has 0 spiro atoms. The third kappa shape index (κ3) is 6.15. The molecule has 23 heavy (non-hydrogen) atoms. The fourth-order valence-corrected chi connectivity index (χ4v) is 1.93. The average Bonchev–Trinajstić information content (AvgIpc) is 2.52. The summed E-state index contributed by atoms with van der Waals surface area (Å²) in [4.78, 5) is 22.8. The van der Waals surface area contributed by atoms with Crippen LogP contribution in [0.2, 0.25) is 0 Å². The molecule has 1 rings (SSSR count). The molecule has 1 aromatic carbocycles. The Hall–Kier alpha value is -2.28. The predicted molar refractivity (Wildman–Crippen MR) is 87.4 cm³/mol. The number of ether oxygens (including phenoxy) is 2. The number of hydrogen-bond acceptors (Lipinski definition) is 5. The van der Waals surface area contributed by atoms with E-state index in [4.69, 9.17) is 15.2 Å². The highest BCUT2D eigenvalue weighted by atomic mass is 16.5. The zero-order valence-electron chi connectivity index (χ0n) is 14.0. The van der Waals surface area contributed by atoms with Crippen molar-refractivity contribution in [3.05, 3.63) is 23.8 Å². The number of rotatable bonds is 8. The average molecular weight is 323 g/mol. The molecule has 0 aliphatic carbocycles. The molecule has 0 aromatic heterocycles. The Labute approximate surface area is 136 Å². The molecule has 2 amide bonds. The topological polar surface area (TPSA) is 103 Å². The van der Waals surface area contributed by atoms with Gasteiger partial charge in [0.1, 0.15) is 0 Å². The summed E-state index contributed by atoms with van der Waals surface area (Å²) in [6.07, 6.45) is 0.0398. The number of benzene rings is 1. The molecule has 0 fully saturated rings. The van der Waals surface area contributed by atoms with Gasteiger partial charge in [0.15, 0.2) is 11.5 Å². The minimum atomic E-state index is -0.371. The normalized spacial score (nSPS) is 11.7. The first kappa shape index (κ1) is 18.8. The molecule has 0 aliphatic rings. The molecule has 1 aromatic rings. The Morgan fingerprint density at radius 1 is 1.17 bits per heavy atom. The Balaban J connectivity index is 2.70. The number of hydrogen-bond donors (Lipinski definition) is 3. The number of nitrogens with two attached hydrogens (primary N) is 1. The molecule has 7 heteroatoms. The van der Waals surface area contributed by atoms with Crippen molar-refractivity contribution in [1.82, 2.24) is 10.6 Å². The van der Waals surface area contributed by atoms with E-state index < -0.39 is 0 Å². The van der Waals surface area contributed by atoms with Gasteiger partial charge in [0.05, 0.1) is 32.3 Å². The van der Waals surface area contributed by atoms with Gasteiger partial charge in [-0.05, 0) is 38.5 Å². The van der Waals surface area contributed by atoms with E-state index in [-0.39, 0.29) is 37.0 Å². The Morgan fingerprint density at radius 2 is 1.87 bits per heavy atom. The molecular formula is C16H25N3O4. The summed E-state index contributed by atoms with van der Waals surface area (Å²) in [5, 5.41) is 5.22. The molecule has 0 saturated carbocycles. The van der Waals surface area contributed by atoms with Gasteiger partial charge >= 0.3 is 0 Å². The molecule has 4 N–H and O–H groups in total. The van der Waals surface area contributed by atoms with Crippen LogP contribution in [-0.4, -0.2) is 38.1 Å². The van der Waals surface area contributed by atoms with Crippen molar-refractivity contribution in [2.75, 3.05) is 20.2 Å². The van der Waals surface area contributed by atoms with Gasteiger partial charge in [0.25, 0.3) is 0 Å². The van der Waals surface area contributed by atoms with Crippen LogP contribution in [0.1, 0.15) is 32.4 Å². The van der Waals surface area contributed by atoms with Crippen molar-refractivity contribution < 1.29 is 19.1 Å². The Kier molecular flexibility index (Phi) is 7.34. The van der Waals surface area contributed by atoms with E-state index >= 15 is 0 Å². The summed E-state index contributed by atoms with van der Waals surface area (Å²) in [6, 6.07) is 5.26. The van der Waals surface area contributed by atoms with E-state index in [2.05, 4.69) is 10.6 Å². The molecule has 128 valence electrons. The van der Waals surface area contributed by atoms with Crippen molar-refractivity contribution in [3.63, 3.8) is 0 Å². The smallest absolute Gasteiger partial charge is 0.239 e.